The van der Waals surface area contributed by atoms with Gasteiger partial charge in [-0.3, -0.25) is 5.41 Å². The first-order valence-corrected chi connectivity index (χ1v) is 7.32. The van der Waals surface area contributed by atoms with Crippen molar-refractivity contribution < 1.29 is 0 Å². The van der Waals surface area contributed by atoms with Crippen LogP contribution in [0.4, 0.5) is 0 Å². The van der Waals surface area contributed by atoms with E-state index >= 15 is 0 Å². The molecule has 0 heterocycles. The van der Waals surface area contributed by atoms with Crippen LogP contribution in [0.3, 0.4) is 0 Å². The molecule has 1 aromatic rings. The molecule has 2 aliphatic carbocycles. The summed E-state index contributed by atoms with van der Waals surface area (Å²) in [6.07, 6.45) is 12.0. The second kappa shape index (κ2) is 4.84. The van der Waals surface area contributed by atoms with Crippen LogP contribution in [0.25, 0.3) is 5.57 Å². The third kappa shape index (κ3) is 2.44. The molecule has 1 aromatic carbocycles. The van der Waals surface area contributed by atoms with Gasteiger partial charge < -0.3 is 5.73 Å². The molecule has 19 heavy (non-hydrogen) atoms. The van der Waals surface area contributed by atoms with E-state index < -0.39 is 0 Å². The highest BCUT2D eigenvalue weighted by Crippen LogP contribution is 2.50. The van der Waals surface area contributed by atoms with Gasteiger partial charge in [-0.1, -0.05) is 49.6 Å². The number of hydrogen-bond donors (Lipinski definition) is 2. The first kappa shape index (κ1) is 12.5. The standard InChI is InChI=1S/C17H22N2/c18-16(19)14-6-4-13(5-7-14)15-8-11-17(12-15)9-2-1-3-10-17/h4-8H,1-3,9-12H2,(H3,18,19). The summed E-state index contributed by atoms with van der Waals surface area (Å²) in [7, 11) is 0. The van der Waals surface area contributed by atoms with Gasteiger partial charge in [0.25, 0.3) is 0 Å². The molecular formula is C17H22N2. The molecule has 3 rings (SSSR count). The van der Waals surface area contributed by atoms with Gasteiger partial charge in [0, 0.05) is 5.56 Å². The molecule has 0 aromatic heterocycles. The number of amidine groups is 1. The van der Waals surface area contributed by atoms with Crippen molar-refractivity contribution in [3.63, 3.8) is 0 Å². The Labute approximate surface area is 115 Å². The van der Waals surface area contributed by atoms with Gasteiger partial charge in [0.2, 0.25) is 0 Å². The second-order valence-corrected chi connectivity index (χ2v) is 6.16. The summed E-state index contributed by atoms with van der Waals surface area (Å²) in [6, 6.07) is 8.16. The number of nitrogens with one attached hydrogen (secondary N) is 1. The lowest BCUT2D eigenvalue weighted by atomic mass is 9.71. The fourth-order valence-corrected chi connectivity index (χ4v) is 3.65. The molecule has 0 saturated heterocycles. The molecule has 2 nitrogen and oxygen atoms in total. The summed E-state index contributed by atoms with van der Waals surface area (Å²) in [5.74, 6) is 0.149. The predicted molar refractivity (Wildman–Crippen MR) is 80.2 cm³/mol. The van der Waals surface area contributed by atoms with Gasteiger partial charge in [-0.15, -0.1) is 0 Å². The minimum Gasteiger partial charge on any atom is -0.384 e. The van der Waals surface area contributed by atoms with Gasteiger partial charge in [0.15, 0.2) is 0 Å². The van der Waals surface area contributed by atoms with E-state index in [1.54, 1.807) is 0 Å². The van der Waals surface area contributed by atoms with Crippen molar-refractivity contribution in [2.45, 2.75) is 44.9 Å². The van der Waals surface area contributed by atoms with E-state index in [4.69, 9.17) is 11.1 Å². The number of nitrogens with two attached hydrogens (primary N) is 1. The molecule has 100 valence electrons. The van der Waals surface area contributed by atoms with Crippen molar-refractivity contribution in [3.05, 3.63) is 41.5 Å². The van der Waals surface area contributed by atoms with E-state index in [0.717, 1.165) is 5.56 Å². The quantitative estimate of drug-likeness (QED) is 0.606. The lowest BCUT2D eigenvalue weighted by Gasteiger charge is -2.33. The Morgan fingerprint density at radius 3 is 2.37 bits per heavy atom. The highest BCUT2D eigenvalue weighted by molar-refractivity contribution is 5.95. The summed E-state index contributed by atoms with van der Waals surface area (Å²) < 4.78 is 0. The fraction of sp³-hybridized carbons (Fsp3) is 0.471. The molecule has 1 saturated carbocycles. The monoisotopic (exact) mass is 254 g/mol. The third-order valence-corrected chi connectivity index (χ3v) is 4.83. The molecule has 2 heteroatoms. The van der Waals surface area contributed by atoms with Crippen LogP contribution in [0.1, 0.15) is 56.1 Å². The fourth-order valence-electron chi connectivity index (χ4n) is 3.65. The molecule has 0 unspecified atom stereocenters. The minimum absolute atomic E-state index is 0.149. The molecule has 0 bridgehead atoms. The number of benzene rings is 1. The molecule has 2 aliphatic rings. The summed E-state index contributed by atoms with van der Waals surface area (Å²) in [4.78, 5) is 0. The maximum atomic E-state index is 7.43. The van der Waals surface area contributed by atoms with Crippen molar-refractivity contribution >= 4 is 11.4 Å². The Morgan fingerprint density at radius 2 is 1.74 bits per heavy atom. The first-order valence-electron chi connectivity index (χ1n) is 7.32. The smallest absolute Gasteiger partial charge is 0.122 e. The van der Waals surface area contributed by atoms with E-state index in [1.165, 1.54) is 56.1 Å². The van der Waals surface area contributed by atoms with Gasteiger partial charge in [0.05, 0.1) is 0 Å². The normalized spacial score (nSPS) is 21.4. The first-order chi connectivity index (χ1) is 9.19. The molecule has 1 spiro atoms. The zero-order valence-corrected chi connectivity index (χ0v) is 11.4. The summed E-state index contributed by atoms with van der Waals surface area (Å²) in [5, 5.41) is 7.43. The number of rotatable bonds is 2. The van der Waals surface area contributed by atoms with Crippen LogP contribution in [-0.2, 0) is 0 Å². The Hall–Kier alpha value is -1.57. The minimum atomic E-state index is 0.149. The lowest BCUT2D eigenvalue weighted by molar-refractivity contribution is 0.208. The summed E-state index contributed by atoms with van der Waals surface area (Å²) in [6.45, 7) is 0. The Bertz CT molecular complexity index is 505. The van der Waals surface area contributed by atoms with Crippen molar-refractivity contribution in [2.24, 2.45) is 11.1 Å². The van der Waals surface area contributed by atoms with Crippen molar-refractivity contribution in [1.82, 2.24) is 0 Å². The Balaban J connectivity index is 1.75. The highest BCUT2D eigenvalue weighted by atomic mass is 14.7. The van der Waals surface area contributed by atoms with Crippen LogP contribution in [0.5, 0.6) is 0 Å². The van der Waals surface area contributed by atoms with Crippen LogP contribution in [0.2, 0.25) is 0 Å². The number of hydrogen-bond acceptors (Lipinski definition) is 1. The molecule has 0 radical (unpaired) electrons. The molecule has 0 amide bonds. The van der Waals surface area contributed by atoms with Crippen LogP contribution >= 0.6 is 0 Å². The molecule has 1 fully saturated rings. The van der Waals surface area contributed by atoms with Crippen LogP contribution in [0.15, 0.2) is 30.3 Å². The maximum Gasteiger partial charge on any atom is 0.122 e. The second-order valence-electron chi connectivity index (χ2n) is 6.16. The van der Waals surface area contributed by atoms with E-state index in [9.17, 15) is 0 Å². The van der Waals surface area contributed by atoms with E-state index in [1.807, 2.05) is 12.1 Å². The molecule has 3 N–H and O–H groups in total. The van der Waals surface area contributed by atoms with Gasteiger partial charge >= 0.3 is 0 Å². The lowest BCUT2D eigenvalue weighted by Crippen LogP contribution is -2.20. The van der Waals surface area contributed by atoms with Crippen LogP contribution < -0.4 is 5.73 Å². The van der Waals surface area contributed by atoms with Crippen molar-refractivity contribution in [2.75, 3.05) is 0 Å². The average molecular weight is 254 g/mol. The zero-order valence-electron chi connectivity index (χ0n) is 11.4. The van der Waals surface area contributed by atoms with Crippen molar-refractivity contribution in [1.29, 1.82) is 5.41 Å². The van der Waals surface area contributed by atoms with E-state index in [-0.39, 0.29) is 5.84 Å². The molecule has 0 atom stereocenters. The average Bonchev–Trinajstić information content (AvgIpc) is 2.83. The van der Waals surface area contributed by atoms with Crippen LogP contribution in [0, 0.1) is 10.8 Å². The SMILES string of the molecule is N=C(N)c1ccc(C2=CCC3(CCCCC3)C2)cc1. The van der Waals surface area contributed by atoms with Crippen molar-refractivity contribution in [3.8, 4) is 0 Å². The molecular weight excluding hydrogens is 232 g/mol. The third-order valence-electron chi connectivity index (χ3n) is 4.83. The predicted octanol–water partition coefficient (Wildman–Crippen LogP) is 4.10. The molecule has 0 aliphatic heterocycles. The van der Waals surface area contributed by atoms with Gasteiger partial charge in [0.1, 0.15) is 5.84 Å². The number of nitrogen functional groups attached to an aromatic ring is 1. The van der Waals surface area contributed by atoms with E-state index in [2.05, 4.69) is 18.2 Å². The maximum absolute atomic E-state index is 7.43. The Kier molecular flexibility index (Phi) is 3.17. The van der Waals surface area contributed by atoms with Gasteiger partial charge in [-0.2, -0.15) is 0 Å². The van der Waals surface area contributed by atoms with Gasteiger partial charge in [-0.25, -0.2) is 0 Å². The number of allylic oxidation sites excluding steroid dienone is 2. The highest BCUT2D eigenvalue weighted by Gasteiger charge is 2.35. The zero-order chi connectivity index (χ0) is 13.3. The topological polar surface area (TPSA) is 49.9 Å². The Morgan fingerprint density at radius 1 is 1.05 bits per heavy atom. The largest absolute Gasteiger partial charge is 0.384 e. The van der Waals surface area contributed by atoms with Crippen LogP contribution in [-0.4, -0.2) is 5.84 Å². The van der Waals surface area contributed by atoms with Gasteiger partial charge in [-0.05, 0) is 42.2 Å². The van der Waals surface area contributed by atoms with E-state index in [0.29, 0.717) is 5.41 Å². The summed E-state index contributed by atoms with van der Waals surface area (Å²) in [5.41, 5.74) is 9.70. The summed E-state index contributed by atoms with van der Waals surface area (Å²) >= 11 is 0.